The molecule has 182 valence electrons. The van der Waals surface area contributed by atoms with Crippen molar-refractivity contribution in [2.45, 2.75) is 44.2 Å². The van der Waals surface area contributed by atoms with Gasteiger partial charge in [0.1, 0.15) is 11.5 Å². The summed E-state index contributed by atoms with van der Waals surface area (Å²) in [7, 11) is 3.18. The Bertz CT molecular complexity index is 1000. The van der Waals surface area contributed by atoms with Gasteiger partial charge in [-0.15, -0.1) is 0 Å². The van der Waals surface area contributed by atoms with Crippen LogP contribution in [0.2, 0.25) is 0 Å². The number of rotatable bonds is 8. The SMILES string of the molecule is COCOc1ccc2c(c1)CC(c1ccc(OC)cc1)C(OC(C)=O)C(=O)N2CC1CCCN1. The van der Waals surface area contributed by atoms with Crippen molar-refractivity contribution in [3.8, 4) is 11.5 Å². The molecule has 0 radical (unpaired) electrons. The smallest absolute Gasteiger partial charge is 0.303 e. The highest BCUT2D eigenvalue weighted by Crippen LogP contribution is 2.38. The summed E-state index contributed by atoms with van der Waals surface area (Å²) in [5.41, 5.74) is 2.67. The summed E-state index contributed by atoms with van der Waals surface area (Å²) in [6.45, 7) is 2.92. The number of nitrogens with zero attached hydrogens (tertiary/aromatic N) is 1. The molecular formula is C26H32N2O6. The van der Waals surface area contributed by atoms with E-state index in [0.717, 1.165) is 42.0 Å². The van der Waals surface area contributed by atoms with Crippen LogP contribution < -0.4 is 19.7 Å². The van der Waals surface area contributed by atoms with Gasteiger partial charge in [0.2, 0.25) is 0 Å². The number of ether oxygens (including phenoxy) is 4. The molecule has 0 spiro atoms. The second-order valence-electron chi connectivity index (χ2n) is 8.70. The van der Waals surface area contributed by atoms with Crippen molar-refractivity contribution >= 4 is 17.6 Å². The number of hydrogen-bond donors (Lipinski definition) is 1. The van der Waals surface area contributed by atoms with E-state index in [9.17, 15) is 9.59 Å². The molecule has 4 rings (SSSR count). The van der Waals surface area contributed by atoms with Gasteiger partial charge in [-0.3, -0.25) is 9.59 Å². The molecule has 1 saturated heterocycles. The van der Waals surface area contributed by atoms with Crippen LogP contribution >= 0.6 is 0 Å². The lowest BCUT2D eigenvalue weighted by Gasteiger charge is -2.30. The van der Waals surface area contributed by atoms with Crippen molar-refractivity contribution in [3.63, 3.8) is 0 Å². The Kier molecular flexibility index (Phi) is 7.70. The highest BCUT2D eigenvalue weighted by Gasteiger charge is 2.41. The first-order valence-corrected chi connectivity index (χ1v) is 11.6. The number of nitrogens with one attached hydrogen (secondary N) is 1. The molecule has 2 aromatic rings. The van der Waals surface area contributed by atoms with Crippen molar-refractivity contribution in [1.82, 2.24) is 5.32 Å². The average molecular weight is 469 g/mol. The lowest BCUT2D eigenvalue weighted by molar-refractivity contribution is -0.154. The largest absolute Gasteiger partial charge is 0.497 e. The minimum atomic E-state index is -0.942. The van der Waals surface area contributed by atoms with Crippen LogP contribution in [0.1, 0.15) is 36.8 Å². The van der Waals surface area contributed by atoms with Gasteiger partial charge >= 0.3 is 5.97 Å². The normalized spacial score (nSPS) is 22.1. The van der Waals surface area contributed by atoms with E-state index in [-0.39, 0.29) is 24.7 Å². The molecule has 34 heavy (non-hydrogen) atoms. The number of anilines is 1. The summed E-state index contributed by atoms with van der Waals surface area (Å²) >= 11 is 0. The number of fused-ring (bicyclic) bond motifs is 1. The van der Waals surface area contributed by atoms with Crippen LogP contribution in [0.15, 0.2) is 42.5 Å². The molecular weight excluding hydrogens is 436 g/mol. The highest BCUT2D eigenvalue weighted by molar-refractivity contribution is 6.00. The van der Waals surface area contributed by atoms with Crippen LogP contribution in [0.3, 0.4) is 0 Å². The van der Waals surface area contributed by atoms with Crippen LogP contribution in [0.5, 0.6) is 11.5 Å². The highest BCUT2D eigenvalue weighted by atomic mass is 16.7. The maximum atomic E-state index is 13.9. The fraction of sp³-hybridized carbons (Fsp3) is 0.462. The van der Waals surface area contributed by atoms with Gasteiger partial charge in [0.25, 0.3) is 5.91 Å². The molecule has 1 N–H and O–H groups in total. The second-order valence-corrected chi connectivity index (χ2v) is 8.70. The van der Waals surface area contributed by atoms with Gasteiger partial charge in [-0.05, 0) is 67.3 Å². The van der Waals surface area contributed by atoms with E-state index in [1.807, 2.05) is 42.5 Å². The van der Waals surface area contributed by atoms with E-state index in [4.69, 9.17) is 18.9 Å². The zero-order valence-corrected chi connectivity index (χ0v) is 19.9. The van der Waals surface area contributed by atoms with Gasteiger partial charge in [0.05, 0.1) is 7.11 Å². The van der Waals surface area contributed by atoms with E-state index in [2.05, 4.69) is 5.32 Å². The predicted molar refractivity (Wildman–Crippen MR) is 127 cm³/mol. The molecule has 2 aliphatic heterocycles. The molecule has 0 bridgehead atoms. The van der Waals surface area contributed by atoms with Crippen LogP contribution in [0.4, 0.5) is 5.69 Å². The zero-order chi connectivity index (χ0) is 24.1. The first-order valence-electron chi connectivity index (χ1n) is 11.6. The molecule has 1 fully saturated rings. The number of hydrogen-bond acceptors (Lipinski definition) is 7. The molecule has 1 amide bonds. The number of amides is 1. The van der Waals surface area contributed by atoms with Crippen LogP contribution in [0, 0.1) is 0 Å². The van der Waals surface area contributed by atoms with Gasteiger partial charge in [-0.1, -0.05) is 12.1 Å². The van der Waals surface area contributed by atoms with Crippen molar-refractivity contribution in [2.24, 2.45) is 0 Å². The van der Waals surface area contributed by atoms with Gasteiger partial charge in [0, 0.05) is 38.2 Å². The Labute approximate surface area is 200 Å². The maximum absolute atomic E-state index is 13.9. The second kappa shape index (κ2) is 10.9. The molecule has 8 nitrogen and oxygen atoms in total. The molecule has 0 aromatic heterocycles. The predicted octanol–water partition coefficient (Wildman–Crippen LogP) is 3.03. The summed E-state index contributed by atoms with van der Waals surface area (Å²) in [4.78, 5) is 27.8. The summed E-state index contributed by atoms with van der Waals surface area (Å²) < 4.78 is 21.7. The standard InChI is InChI=1S/C26H32N2O6/c1-17(29)34-25-23(18-6-8-21(32-3)9-7-18)14-19-13-22(33-16-31-2)10-11-24(19)28(26(25)30)15-20-5-4-12-27-20/h6-11,13,20,23,25,27H,4-5,12,14-16H2,1-3H3. The number of carbonyl (C=O) groups is 2. The molecule has 0 saturated carbocycles. The van der Waals surface area contributed by atoms with Gasteiger partial charge in [-0.25, -0.2) is 0 Å². The Morgan fingerprint density at radius 3 is 2.53 bits per heavy atom. The molecule has 2 heterocycles. The lowest BCUT2D eigenvalue weighted by atomic mass is 9.87. The summed E-state index contributed by atoms with van der Waals surface area (Å²) in [5.74, 6) is 0.323. The Morgan fingerprint density at radius 1 is 1.12 bits per heavy atom. The number of carbonyl (C=O) groups excluding carboxylic acids is 2. The molecule has 3 atom stereocenters. The summed E-state index contributed by atoms with van der Waals surface area (Å²) in [5, 5.41) is 3.47. The minimum absolute atomic E-state index is 0.130. The maximum Gasteiger partial charge on any atom is 0.303 e. The van der Waals surface area contributed by atoms with Crippen LogP contribution in [0.25, 0.3) is 0 Å². The number of benzene rings is 2. The van der Waals surface area contributed by atoms with E-state index in [1.54, 1.807) is 19.1 Å². The zero-order valence-electron chi connectivity index (χ0n) is 19.9. The monoisotopic (exact) mass is 468 g/mol. The summed E-state index contributed by atoms with van der Waals surface area (Å²) in [6, 6.07) is 13.5. The molecule has 0 aliphatic carbocycles. The topological polar surface area (TPSA) is 86.3 Å². The van der Waals surface area contributed by atoms with Gasteiger partial charge in [0.15, 0.2) is 12.9 Å². The fourth-order valence-electron chi connectivity index (χ4n) is 4.77. The molecule has 2 aromatic carbocycles. The van der Waals surface area contributed by atoms with Gasteiger partial charge in [-0.2, -0.15) is 0 Å². The first-order chi connectivity index (χ1) is 16.5. The van der Waals surface area contributed by atoms with E-state index < -0.39 is 12.1 Å². The third-order valence-electron chi connectivity index (χ3n) is 6.40. The minimum Gasteiger partial charge on any atom is -0.497 e. The molecule has 2 aliphatic rings. The number of methoxy groups -OCH3 is 2. The average Bonchev–Trinajstić information content (AvgIpc) is 3.33. The first kappa shape index (κ1) is 24.0. The Balaban J connectivity index is 1.77. The van der Waals surface area contributed by atoms with Crippen LogP contribution in [-0.2, 0) is 25.5 Å². The molecule has 8 heteroatoms. The third-order valence-corrected chi connectivity index (χ3v) is 6.40. The Morgan fingerprint density at radius 2 is 1.88 bits per heavy atom. The van der Waals surface area contributed by atoms with E-state index >= 15 is 0 Å². The van der Waals surface area contributed by atoms with Crippen molar-refractivity contribution in [2.75, 3.05) is 39.0 Å². The lowest BCUT2D eigenvalue weighted by Crippen LogP contribution is -2.47. The quantitative estimate of drug-likeness (QED) is 0.471. The van der Waals surface area contributed by atoms with Crippen molar-refractivity contribution < 1.29 is 28.5 Å². The van der Waals surface area contributed by atoms with Crippen molar-refractivity contribution in [3.05, 3.63) is 53.6 Å². The van der Waals surface area contributed by atoms with E-state index in [0.29, 0.717) is 18.7 Å². The van der Waals surface area contributed by atoms with E-state index in [1.165, 1.54) is 6.92 Å². The Hall–Kier alpha value is -3.10. The third kappa shape index (κ3) is 5.34. The van der Waals surface area contributed by atoms with Crippen molar-refractivity contribution in [1.29, 1.82) is 0 Å². The molecule has 3 unspecified atom stereocenters. The van der Waals surface area contributed by atoms with Gasteiger partial charge < -0.3 is 29.2 Å². The number of esters is 1. The summed E-state index contributed by atoms with van der Waals surface area (Å²) in [6.07, 6.45) is 1.63. The fourth-order valence-corrected chi connectivity index (χ4v) is 4.77. The van der Waals surface area contributed by atoms with Crippen LogP contribution in [-0.4, -0.2) is 58.1 Å².